The predicted molar refractivity (Wildman–Crippen MR) is 71.1 cm³/mol. The maximum Gasteiger partial charge on any atom is 0.259 e. The minimum atomic E-state index is -3.39. The Balaban J connectivity index is 1.74. The summed E-state index contributed by atoms with van der Waals surface area (Å²) >= 11 is 0. The monoisotopic (exact) mass is 284 g/mol. The smallest absolute Gasteiger partial charge is 0.259 e. The lowest BCUT2D eigenvalue weighted by Crippen LogP contribution is -2.45. The van der Waals surface area contributed by atoms with Gasteiger partial charge in [-0.05, 0) is 44.2 Å². The number of aromatic amines is 1. The lowest BCUT2D eigenvalue weighted by molar-refractivity contribution is 0.226. The molecule has 19 heavy (non-hydrogen) atoms. The van der Waals surface area contributed by atoms with Crippen LogP contribution in [0.5, 0.6) is 0 Å². The summed E-state index contributed by atoms with van der Waals surface area (Å²) in [6, 6.07) is 2.01. The van der Waals surface area contributed by atoms with Crippen molar-refractivity contribution in [3.8, 4) is 0 Å². The van der Waals surface area contributed by atoms with Gasteiger partial charge >= 0.3 is 0 Å². The first kappa shape index (κ1) is 13.1. The molecule has 2 fully saturated rings. The quantitative estimate of drug-likeness (QED) is 0.850. The molecular weight excluding hydrogens is 264 g/mol. The van der Waals surface area contributed by atoms with Gasteiger partial charge in [0.15, 0.2) is 5.03 Å². The molecule has 2 aliphatic rings. The molecule has 0 aromatic carbocycles. The average molecular weight is 284 g/mol. The fourth-order valence-electron chi connectivity index (χ4n) is 3.16. The van der Waals surface area contributed by atoms with Crippen molar-refractivity contribution < 1.29 is 8.42 Å². The van der Waals surface area contributed by atoms with E-state index in [1.807, 2.05) is 0 Å². The molecule has 6 nitrogen and oxygen atoms in total. The van der Waals surface area contributed by atoms with Gasteiger partial charge in [0, 0.05) is 19.1 Å². The summed E-state index contributed by atoms with van der Waals surface area (Å²) in [5.41, 5.74) is 0. The number of piperidine rings is 1. The van der Waals surface area contributed by atoms with Crippen LogP contribution in [0.15, 0.2) is 17.3 Å². The molecule has 0 radical (unpaired) electrons. The Kier molecular flexibility index (Phi) is 3.60. The fourth-order valence-corrected chi connectivity index (χ4v) is 4.60. The van der Waals surface area contributed by atoms with E-state index < -0.39 is 10.0 Å². The third-order valence-corrected chi connectivity index (χ3v) is 5.98. The van der Waals surface area contributed by atoms with Gasteiger partial charge in [-0.2, -0.15) is 9.40 Å². The Labute approximate surface area is 113 Å². The summed E-state index contributed by atoms with van der Waals surface area (Å²) in [7, 11) is -3.39. The Bertz CT molecular complexity index is 508. The third-order valence-electron chi connectivity index (χ3n) is 4.18. The van der Waals surface area contributed by atoms with Crippen LogP contribution in [0.4, 0.5) is 0 Å². The molecule has 106 valence electrons. The zero-order valence-corrected chi connectivity index (χ0v) is 11.7. The molecule has 2 unspecified atom stereocenters. The summed E-state index contributed by atoms with van der Waals surface area (Å²) in [5.74, 6) is 0.439. The van der Waals surface area contributed by atoms with Crippen LogP contribution >= 0.6 is 0 Å². The molecule has 2 atom stereocenters. The topological polar surface area (TPSA) is 78.1 Å². The first-order chi connectivity index (χ1) is 9.18. The number of H-pyrrole nitrogens is 1. The first-order valence-electron chi connectivity index (χ1n) is 6.91. The maximum absolute atomic E-state index is 12.4. The van der Waals surface area contributed by atoms with Crippen molar-refractivity contribution in [1.82, 2.24) is 19.8 Å². The van der Waals surface area contributed by atoms with Crippen LogP contribution in [0.25, 0.3) is 0 Å². The summed E-state index contributed by atoms with van der Waals surface area (Å²) < 4.78 is 26.5. The number of aromatic nitrogens is 2. The van der Waals surface area contributed by atoms with Crippen molar-refractivity contribution in [2.45, 2.75) is 36.8 Å². The highest BCUT2D eigenvalue weighted by Crippen LogP contribution is 2.27. The molecule has 0 bridgehead atoms. The molecule has 7 heteroatoms. The highest BCUT2D eigenvalue weighted by Gasteiger charge is 2.35. The zero-order valence-electron chi connectivity index (χ0n) is 10.9. The van der Waals surface area contributed by atoms with Gasteiger partial charge in [0.25, 0.3) is 10.0 Å². The minimum Gasteiger partial charge on any atom is -0.314 e. The molecule has 0 amide bonds. The van der Waals surface area contributed by atoms with E-state index in [0.29, 0.717) is 25.0 Å². The molecule has 0 saturated carbocycles. The summed E-state index contributed by atoms with van der Waals surface area (Å²) in [6.07, 6.45) is 5.91. The van der Waals surface area contributed by atoms with E-state index in [0.717, 1.165) is 19.4 Å². The van der Waals surface area contributed by atoms with Gasteiger partial charge in [0.2, 0.25) is 0 Å². The van der Waals surface area contributed by atoms with E-state index in [-0.39, 0.29) is 5.03 Å². The molecule has 1 aromatic rings. The van der Waals surface area contributed by atoms with Crippen molar-refractivity contribution in [3.05, 3.63) is 12.3 Å². The van der Waals surface area contributed by atoms with Gasteiger partial charge < -0.3 is 5.32 Å². The Morgan fingerprint density at radius 2 is 2.21 bits per heavy atom. The van der Waals surface area contributed by atoms with Crippen LogP contribution in [-0.2, 0) is 10.0 Å². The number of nitrogens with one attached hydrogen (secondary N) is 2. The Morgan fingerprint density at radius 3 is 2.89 bits per heavy atom. The fraction of sp³-hybridized carbons (Fsp3) is 0.750. The van der Waals surface area contributed by atoms with Crippen molar-refractivity contribution in [1.29, 1.82) is 0 Å². The van der Waals surface area contributed by atoms with E-state index in [1.54, 1.807) is 4.31 Å². The van der Waals surface area contributed by atoms with Gasteiger partial charge in [-0.1, -0.05) is 0 Å². The number of nitrogens with zero attached hydrogens (tertiary/aromatic N) is 2. The third kappa shape index (κ3) is 2.54. The van der Waals surface area contributed by atoms with E-state index in [9.17, 15) is 8.42 Å². The van der Waals surface area contributed by atoms with Gasteiger partial charge in [-0.25, -0.2) is 8.42 Å². The van der Waals surface area contributed by atoms with Crippen LogP contribution in [0.1, 0.15) is 25.7 Å². The van der Waals surface area contributed by atoms with E-state index in [4.69, 9.17) is 0 Å². The van der Waals surface area contributed by atoms with Crippen LogP contribution in [0.3, 0.4) is 0 Å². The summed E-state index contributed by atoms with van der Waals surface area (Å²) in [4.78, 5) is 0. The molecular formula is C12H20N4O2S. The van der Waals surface area contributed by atoms with Crippen molar-refractivity contribution >= 4 is 10.0 Å². The number of rotatable bonds is 3. The average Bonchev–Trinajstić information content (AvgIpc) is 3.12. The van der Waals surface area contributed by atoms with Crippen molar-refractivity contribution in [3.63, 3.8) is 0 Å². The molecule has 1 aromatic heterocycles. The first-order valence-corrected chi connectivity index (χ1v) is 8.35. The van der Waals surface area contributed by atoms with E-state index in [1.165, 1.54) is 25.1 Å². The number of sulfonamides is 1. The predicted octanol–water partition coefficient (Wildman–Crippen LogP) is 0.562. The molecule has 2 N–H and O–H groups in total. The van der Waals surface area contributed by atoms with Crippen molar-refractivity contribution in [2.24, 2.45) is 5.92 Å². The second-order valence-corrected chi connectivity index (χ2v) is 7.30. The Morgan fingerprint density at radius 1 is 1.32 bits per heavy atom. The van der Waals surface area contributed by atoms with Gasteiger partial charge in [-0.15, -0.1) is 0 Å². The van der Waals surface area contributed by atoms with E-state index in [2.05, 4.69) is 15.5 Å². The highest BCUT2D eigenvalue weighted by molar-refractivity contribution is 7.89. The molecule has 0 aliphatic carbocycles. The standard InChI is InChI=1S/C12H20N4O2S/c17-19(18,12-5-7-14-15-12)16-8-2-3-10(9-16)11-4-1-6-13-11/h5,7,10-11,13H,1-4,6,8-9H2,(H,14,15). The van der Waals surface area contributed by atoms with E-state index >= 15 is 0 Å². The molecule has 2 aliphatic heterocycles. The summed E-state index contributed by atoms with van der Waals surface area (Å²) in [6.45, 7) is 2.30. The minimum absolute atomic E-state index is 0.201. The maximum atomic E-state index is 12.4. The highest BCUT2D eigenvalue weighted by atomic mass is 32.2. The van der Waals surface area contributed by atoms with Gasteiger partial charge in [-0.3, -0.25) is 5.10 Å². The second kappa shape index (κ2) is 5.22. The normalized spacial score (nSPS) is 29.7. The van der Waals surface area contributed by atoms with Gasteiger partial charge in [0.05, 0.1) is 6.20 Å². The van der Waals surface area contributed by atoms with Gasteiger partial charge in [0.1, 0.15) is 0 Å². The van der Waals surface area contributed by atoms with Crippen LogP contribution < -0.4 is 5.32 Å². The lowest BCUT2D eigenvalue weighted by Gasteiger charge is -2.34. The van der Waals surface area contributed by atoms with Crippen molar-refractivity contribution in [2.75, 3.05) is 19.6 Å². The lowest BCUT2D eigenvalue weighted by atomic mass is 9.91. The molecule has 2 saturated heterocycles. The Hall–Kier alpha value is -0.920. The van der Waals surface area contributed by atoms with Crippen LogP contribution in [-0.4, -0.2) is 48.6 Å². The zero-order chi connectivity index (χ0) is 13.3. The van der Waals surface area contributed by atoms with Crippen LogP contribution in [0.2, 0.25) is 0 Å². The largest absolute Gasteiger partial charge is 0.314 e. The molecule has 3 rings (SSSR count). The molecule has 0 spiro atoms. The second-order valence-electron chi connectivity index (χ2n) is 5.39. The van der Waals surface area contributed by atoms with Crippen LogP contribution in [0, 0.1) is 5.92 Å². The summed E-state index contributed by atoms with van der Waals surface area (Å²) in [5, 5.41) is 9.99. The number of hydrogen-bond donors (Lipinski definition) is 2. The molecule has 3 heterocycles. The SMILES string of the molecule is O=S(=O)(c1ccn[nH]1)N1CCCC(C2CCCN2)C1. The number of hydrogen-bond acceptors (Lipinski definition) is 4.